The molecule has 0 aromatic heterocycles. The molecule has 0 unspecified atom stereocenters. The fraction of sp³-hybridized carbons (Fsp3) is 0.750. The summed E-state index contributed by atoms with van der Waals surface area (Å²) in [5.41, 5.74) is 0. The van der Waals surface area contributed by atoms with Crippen LogP contribution >= 0.6 is 0 Å². The second-order valence-corrected chi connectivity index (χ2v) is 3.42. The molecule has 0 saturated carbocycles. The van der Waals surface area contributed by atoms with Crippen LogP contribution in [0.1, 0.15) is 58.8 Å². The SMILES string of the molecule is C=C[C](CCCC)CCCCC. The molecule has 71 valence electrons. The van der Waals surface area contributed by atoms with E-state index in [0.717, 1.165) is 0 Å². The Balaban J connectivity index is 3.32. The summed E-state index contributed by atoms with van der Waals surface area (Å²) in [5.74, 6) is 1.56. The van der Waals surface area contributed by atoms with Gasteiger partial charge in [0.1, 0.15) is 0 Å². The van der Waals surface area contributed by atoms with Gasteiger partial charge in [0.15, 0.2) is 0 Å². The van der Waals surface area contributed by atoms with Gasteiger partial charge in [0.2, 0.25) is 0 Å². The third-order valence-electron chi connectivity index (χ3n) is 2.24. The van der Waals surface area contributed by atoms with Crippen LogP contribution in [-0.2, 0) is 0 Å². The van der Waals surface area contributed by atoms with E-state index in [-0.39, 0.29) is 0 Å². The lowest BCUT2D eigenvalue weighted by molar-refractivity contribution is 0.638. The van der Waals surface area contributed by atoms with E-state index in [1.807, 2.05) is 0 Å². The average molecular weight is 167 g/mol. The van der Waals surface area contributed by atoms with Crippen molar-refractivity contribution in [2.24, 2.45) is 0 Å². The Morgan fingerprint density at radius 3 is 2.08 bits per heavy atom. The van der Waals surface area contributed by atoms with E-state index in [9.17, 15) is 0 Å². The van der Waals surface area contributed by atoms with Gasteiger partial charge in [0.25, 0.3) is 0 Å². The molecule has 0 aliphatic rings. The largest absolute Gasteiger partial charge is 0.102 e. The van der Waals surface area contributed by atoms with Gasteiger partial charge in [-0.05, 0) is 18.8 Å². The quantitative estimate of drug-likeness (QED) is 0.466. The van der Waals surface area contributed by atoms with E-state index in [1.165, 1.54) is 44.9 Å². The van der Waals surface area contributed by atoms with Crippen molar-refractivity contribution in [3.05, 3.63) is 18.6 Å². The molecule has 0 fully saturated rings. The fourth-order valence-electron chi connectivity index (χ4n) is 1.34. The lowest BCUT2D eigenvalue weighted by Crippen LogP contribution is -1.93. The van der Waals surface area contributed by atoms with Crippen molar-refractivity contribution in [3.8, 4) is 0 Å². The van der Waals surface area contributed by atoms with Crippen LogP contribution in [0.15, 0.2) is 12.7 Å². The van der Waals surface area contributed by atoms with Gasteiger partial charge in [-0.3, -0.25) is 0 Å². The van der Waals surface area contributed by atoms with Crippen LogP contribution < -0.4 is 0 Å². The Kier molecular flexibility index (Phi) is 8.64. The molecule has 0 N–H and O–H groups in total. The first-order valence-electron chi connectivity index (χ1n) is 5.32. The molecular formula is C12H23. The maximum Gasteiger partial charge on any atom is -0.00301 e. The Morgan fingerprint density at radius 1 is 1.00 bits per heavy atom. The smallest absolute Gasteiger partial charge is 0.00301 e. The van der Waals surface area contributed by atoms with Gasteiger partial charge in [-0.2, -0.15) is 0 Å². The monoisotopic (exact) mass is 167 g/mol. The first kappa shape index (κ1) is 11.7. The Bertz CT molecular complexity index is 94.2. The minimum Gasteiger partial charge on any atom is -0.102 e. The second kappa shape index (κ2) is 8.83. The zero-order chi connectivity index (χ0) is 9.23. The number of rotatable bonds is 8. The number of hydrogen-bond donors (Lipinski definition) is 0. The highest BCUT2D eigenvalue weighted by Gasteiger charge is 2.02. The van der Waals surface area contributed by atoms with E-state index < -0.39 is 0 Å². The standard InChI is InChI=1S/C12H23/c1-4-7-9-11-12(6-3)10-8-5-2/h6H,3-5,7-11H2,1-2H3. The van der Waals surface area contributed by atoms with Crippen LogP contribution in [0.25, 0.3) is 0 Å². The van der Waals surface area contributed by atoms with Crippen LogP contribution in [0.3, 0.4) is 0 Å². The first-order chi connectivity index (χ1) is 5.85. The van der Waals surface area contributed by atoms with Gasteiger partial charge in [-0.1, -0.05) is 52.0 Å². The van der Waals surface area contributed by atoms with Gasteiger partial charge < -0.3 is 0 Å². The molecule has 0 rings (SSSR count). The van der Waals surface area contributed by atoms with Crippen molar-refractivity contribution in [1.82, 2.24) is 0 Å². The lowest BCUT2D eigenvalue weighted by Gasteiger charge is -2.09. The Hall–Kier alpha value is -0.260. The molecule has 0 amide bonds. The predicted octanol–water partition coefficient (Wildman–Crippen LogP) is 4.52. The van der Waals surface area contributed by atoms with Crippen LogP contribution in [-0.4, -0.2) is 0 Å². The summed E-state index contributed by atoms with van der Waals surface area (Å²) in [6, 6.07) is 0. The molecule has 1 radical (unpaired) electrons. The van der Waals surface area contributed by atoms with E-state index in [1.54, 1.807) is 5.92 Å². The molecule has 0 spiro atoms. The number of allylic oxidation sites excluding steroid dienone is 1. The van der Waals surface area contributed by atoms with Crippen molar-refractivity contribution >= 4 is 0 Å². The van der Waals surface area contributed by atoms with E-state index in [4.69, 9.17) is 0 Å². The molecule has 0 aliphatic carbocycles. The zero-order valence-corrected chi connectivity index (χ0v) is 8.73. The van der Waals surface area contributed by atoms with Crippen LogP contribution in [0.2, 0.25) is 0 Å². The summed E-state index contributed by atoms with van der Waals surface area (Å²) in [6.45, 7) is 8.35. The van der Waals surface area contributed by atoms with Gasteiger partial charge in [0, 0.05) is 0 Å². The zero-order valence-electron chi connectivity index (χ0n) is 8.73. The summed E-state index contributed by atoms with van der Waals surface area (Å²) in [6.07, 6.45) is 11.3. The second-order valence-electron chi connectivity index (χ2n) is 3.42. The van der Waals surface area contributed by atoms with Gasteiger partial charge in [0.05, 0.1) is 0 Å². The van der Waals surface area contributed by atoms with Gasteiger partial charge in [-0.25, -0.2) is 0 Å². The molecule has 0 bridgehead atoms. The van der Waals surface area contributed by atoms with Crippen molar-refractivity contribution in [1.29, 1.82) is 0 Å². The predicted molar refractivity (Wildman–Crippen MR) is 57.1 cm³/mol. The number of unbranched alkanes of at least 4 members (excludes halogenated alkanes) is 3. The Labute approximate surface area is 78.1 Å². The topological polar surface area (TPSA) is 0 Å². The third-order valence-corrected chi connectivity index (χ3v) is 2.24. The van der Waals surface area contributed by atoms with Crippen LogP contribution in [0.5, 0.6) is 0 Å². The molecular weight excluding hydrogens is 144 g/mol. The Morgan fingerprint density at radius 2 is 1.58 bits per heavy atom. The summed E-state index contributed by atoms with van der Waals surface area (Å²) in [4.78, 5) is 0. The molecule has 0 saturated heterocycles. The highest BCUT2D eigenvalue weighted by molar-refractivity contribution is 5.05. The summed E-state index contributed by atoms with van der Waals surface area (Å²) in [5, 5.41) is 0. The summed E-state index contributed by atoms with van der Waals surface area (Å²) >= 11 is 0. The molecule has 0 aromatic rings. The molecule has 0 atom stereocenters. The van der Waals surface area contributed by atoms with E-state index in [2.05, 4.69) is 26.5 Å². The minimum absolute atomic E-state index is 1.27. The van der Waals surface area contributed by atoms with Crippen molar-refractivity contribution in [2.45, 2.75) is 58.8 Å². The fourth-order valence-corrected chi connectivity index (χ4v) is 1.34. The van der Waals surface area contributed by atoms with Crippen molar-refractivity contribution < 1.29 is 0 Å². The highest BCUT2D eigenvalue weighted by Crippen LogP contribution is 2.19. The minimum atomic E-state index is 1.27. The molecule has 0 heterocycles. The van der Waals surface area contributed by atoms with Crippen LogP contribution in [0, 0.1) is 5.92 Å². The molecule has 12 heavy (non-hydrogen) atoms. The van der Waals surface area contributed by atoms with E-state index in [0.29, 0.717) is 0 Å². The van der Waals surface area contributed by atoms with Crippen LogP contribution in [0.4, 0.5) is 0 Å². The third kappa shape index (κ3) is 6.45. The molecule has 0 aromatic carbocycles. The maximum absolute atomic E-state index is 3.86. The first-order valence-corrected chi connectivity index (χ1v) is 5.32. The van der Waals surface area contributed by atoms with Crippen molar-refractivity contribution in [3.63, 3.8) is 0 Å². The molecule has 0 heteroatoms. The van der Waals surface area contributed by atoms with Gasteiger partial charge >= 0.3 is 0 Å². The molecule has 0 aliphatic heterocycles. The van der Waals surface area contributed by atoms with Gasteiger partial charge in [-0.15, -0.1) is 6.58 Å². The highest BCUT2D eigenvalue weighted by atomic mass is 14.1. The summed E-state index contributed by atoms with van der Waals surface area (Å²) in [7, 11) is 0. The lowest BCUT2D eigenvalue weighted by atomic mass is 9.96. The average Bonchev–Trinajstić information content (AvgIpc) is 2.11. The maximum atomic E-state index is 3.86. The van der Waals surface area contributed by atoms with E-state index >= 15 is 0 Å². The molecule has 0 nitrogen and oxygen atoms in total. The number of hydrogen-bond acceptors (Lipinski definition) is 0. The van der Waals surface area contributed by atoms with Crippen molar-refractivity contribution in [2.75, 3.05) is 0 Å². The normalized spacial score (nSPS) is 10.6. The summed E-state index contributed by atoms with van der Waals surface area (Å²) < 4.78 is 0.